The van der Waals surface area contributed by atoms with Crippen molar-refractivity contribution in [3.8, 4) is 0 Å². The number of rotatable bonds is 5. The number of hydrogen-bond donors (Lipinski definition) is 1. The molecule has 0 amide bonds. The first-order chi connectivity index (χ1) is 12.0. The summed E-state index contributed by atoms with van der Waals surface area (Å²) in [5, 5.41) is 0. The number of nitrogens with two attached hydrogens (primary N) is 1. The van der Waals surface area contributed by atoms with Gasteiger partial charge >= 0.3 is 0 Å². The van der Waals surface area contributed by atoms with Crippen molar-refractivity contribution in [1.29, 1.82) is 0 Å². The second-order valence-corrected chi connectivity index (χ2v) is 6.31. The monoisotopic (exact) mass is 365 g/mol. The maximum atomic E-state index is 13.3. The molecule has 5 nitrogen and oxygen atoms in total. The van der Waals surface area contributed by atoms with Crippen molar-refractivity contribution in [2.75, 3.05) is 0 Å². The highest BCUT2D eigenvalue weighted by atomic mass is 32.2. The number of carbonyl (C=O) groups is 1. The standard InChI is InChI=1S/C17H13F2NO4S/c18-12-7-6-11(8-13(12)19)15-14(21)16(17(20)23-15)24-25(22)9-10-4-2-1-3-5-10/h1-8,15H,9,20H2. The number of halogens is 2. The zero-order valence-corrected chi connectivity index (χ0v) is 13.6. The lowest BCUT2D eigenvalue weighted by Crippen LogP contribution is -2.13. The molecule has 0 saturated heterocycles. The van der Waals surface area contributed by atoms with Crippen molar-refractivity contribution in [2.45, 2.75) is 11.9 Å². The van der Waals surface area contributed by atoms with Gasteiger partial charge in [0.1, 0.15) is 0 Å². The van der Waals surface area contributed by atoms with E-state index in [1.807, 2.05) is 6.07 Å². The minimum Gasteiger partial charge on any atom is -0.460 e. The molecule has 3 rings (SSSR count). The highest BCUT2D eigenvalue weighted by Gasteiger charge is 2.38. The summed E-state index contributed by atoms with van der Waals surface area (Å²) in [6.45, 7) is 0. The predicted octanol–water partition coefficient (Wildman–Crippen LogP) is 2.61. The van der Waals surface area contributed by atoms with E-state index in [1.165, 1.54) is 6.07 Å². The summed E-state index contributed by atoms with van der Waals surface area (Å²) in [5.41, 5.74) is 6.45. The van der Waals surface area contributed by atoms with Gasteiger partial charge in [0, 0.05) is 5.56 Å². The number of ether oxygens (including phenoxy) is 1. The van der Waals surface area contributed by atoms with Gasteiger partial charge in [0.15, 0.2) is 17.7 Å². The zero-order chi connectivity index (χ0) is 18.0. The van der Waals surface area contributed by atoms with Gasteiger partial charge in [-0.1, -0.05) is 36.4 Å². The van der Waals surface area contributed by atoms with Crippen LogP contribution in [0.5, 0.6) is 0 Å². The SMILES string of the molecule is NC1=C(OS(=O)Cc2ccccc2)C(=O)C(c2ccc(F)c(F)c2)O1. The molecule has 2 aromatic carbocycles. The summed E-state index contributed by atoms with van der Waals surface area (Å²) < 4.78 is 48.7. The Morgan fingerprint density at radius 1 is 1.12 bits per heavy atom. The Morgan fingerprint density at radius 2 is 1.84 bits per heavy atom. The summed E-state index contributed by atoms with van der Waals surface area (Å²) in [7, 11) is 0. The van der Waals surface area contributed by atoms with E-state index < -0.39 is 34.6 Å². The van der Waals surface area contributed by atoms with Gasteiger partial charge in [-0.25, -0.2) is 13.0 Å². The van der Waals surface area contributed by atoms with Gasteiger partial charge in [-0.05, 0) is 17.7 Å². The van der Waals surface area contributed by atoms with E-state index >= 15 is 0 Å². The first-order valence-electron chi connectivity index (χ1n) is 7.22. The summed E-state index contributed by atoms with van der Waals surface area (Å²) in [6.07, 6.45) is -1.26. The third-order valence-corrected chi connectivity index (χ3v) is 4.40. The van der Waals surface area contributed by atoms with Crippen LogP contribution in [-0.4, -0.2) is 9.99 Å². The smallest absolute Gasteiger partial charge is 0.249 e. The fourth-order valence-electron chi connectivity index (χ4n) is 2.28. The van der Waals surface area contributed by atoms with Crippen LogP contribution in [0.1, 0.15) is 17.2 Å². The predicted molar refractivity (Wildman–Crippen MR) is 85.8 cm³/mol. The van der Waals surface area contributed by atoms with E-state index in [9.17, 15) is 17.8 Å². The molecule has 0 aliphatic carbocycles. The van der Waals surface area contributed by atoms with Crippen molar-refractivity contribution in [3.63, 3.8) is 0 Å². The first-order valence-corrected chi connectivity index (χ1v) is 8.46. The second-order valence-electron chi connectivity index (χ2n) is 5.25. The third-order valence-electron chi connectivity index (χ3n) is 3.48. The van der Waals surface area contributed by atoms with E-state index in [4.69, 9.17) is 14.7 Å². The highest BCUT2D eigenvalue weighted by molar-refractivity contribution is 7.79. The number of Topliss-reactive ketones (excluding diaryl/α,β-unsaturated/α-hetero) is 1. The minimum absolute atomic E-state index is 0.0563. The van der Waals surface area contributed by atoms with Crippen LogP contribution in [0.15, 0.2) is 60.2 Å². The molecule has 2 N–H and O–H groups in total. The molecule has 1 heterocycles. The molecule has 0 fully saturated rings. The first kappa shape index (κ1) is 17.1. The Bertz CT molecular complexity index is 870. The molecule has 0 spiro atoms. The Labute approximate surface area is 144 Å². The van der Waals surface area contributed by atoms with Gasteiger partial charge in [0.2, 0.25) is 28.5 Å². The fraction of sp³-hybridized carbons (Fsp3) is 0.118. The van der Waals surface area contributed by atoms with E-state index in [1.54, 1.807) is 24.3 Å². The van der Waals surface area contributed by atoms with E-state index in [0.29, 0.717) is 0 Å². The minimum atomic E-state index is -1.85. The third kappa shape index (κ3) is 3.69. The Kier molecular flexibility index (Phi) is 4.80. The Morgan fingerprint density at radius 3 is 2.52 bits per heavy atom. The number of benzene rings is 2. The summed E-state index contributed by atoms with van der Waals surface area (Å²) in [6, 6.07) is 11.8. The van der Waals surface area contributed by atoms with Crippen LogP contribution >= 0.6 is 0 Å². The molecular formula is C17H13F2NO4S. The lowest BCUT2D eigenvalue weighted by molar-refractivity contribution is -0.123. The summed E-state index contributed by atoms with van der Waals surface area (Å²) >= 11 is -1.85. The van der Waals surface area contributed by atoms with Crippen molar-refractivity contribution in [3.05, 3.63) is 82.9 Å². The van der Waals surface area contributed by atoms with Crippen LogP contribution in [0.2, 0.25) is 0 Å². The van der Waals surface area contributed by atoms with Gasteiger partial charge < -0.3 is 14.7 Å². The highest BCUT2D eigenvalue weighted by Crippen LogP contribution is 2.32. The van der Waals surface area contributed by atoms with Crippen molar-refractivity contribution >= 4 is 16.9 Å². The van der Waals surface area contributed by atoms with Crippen LogP contribution in [0.25, 0.3) is 0 Å². The molecule has 1 aliphatic heterocycles. The molecule has 1 aliphatic rings. The average molecular weight is 365 g/mol. The van der Waals surface area contributed by atoms with Gasteiger partial charge in [-0.3, -0.25) is 4.79 Å². The molecule has 0 radical (unpaired) electrons. The fourth-order valence-corrected chi connectivity index (χ4v) is 3.16. The van der Waals surface area contributed by atoms with Crippen LogP contribution in [0.4, 0.5) is 8.78 Å². The number of ketones is 1. The van der Waals surface area contributed by atoms with Crippen LogP contribution in [-0.2, 0) is 30.5 Å². The molecule has 2 aromatic rings. The molecule has 8 heteroatoms. The van der Waals surface area contributed by atoms with Crippen molar-refractivity contribution in [2.24, 2.45) is 5.73 Å². The summed E-state index contributed by atoms with van der Waals surface area (Å²) in [5.74, 6) is -3.54. The molecule has 0 saturated carbocycles. The Balaban J connectivity index is 1.72. The largest absolute Gasteiger partial charge is 0.460 e. The van der Waals surface area contributed by atoms with Gasteiger partial charge in [0.05, 0.1) is 5.75 Å². The molecule has 2 atom stereocenters. The molecule has 0 aromatic heterocycles. The topological polar surface area (TPSA) is 78.6 Å². The van der Waals surface area contributed by atoms with Crippen LogP contribution in [0, 0.1) is 11.6 Å². The summed E-state index contributed by atoms with van der Waals surface area (Å²) in [4.78, 5) is 12.4. The lowest BCUT2D eigenvalue weighted by atomic mass is 10.1. The normalized spacial score (nSPS) is 18.2. The van der Waals surface area contributed by atoms with Crippen LogP contribution in [0.3, 0.4) is 0 Å². The Hall–Kier alpha value is -2.74. The van der Waals surface area contributed by atoms with Gasteiger partial charge in [-0.2, -0.15) is 0 Å². The maximum Gasteiger partial charge on any atom is 0.249 e. The van der Waals surface area contributed by atoms with Crippen molar-refractivity contribution in [1.82, 2.24) is 0 Å². The zero-order valence-electron chi connectivity index (χ0n) is 12.8. The molecule has 0 bridgehead atoms. The second kappa shape index (κ2) is 7.02. The van der Waals surface area contributed by atoms with E-state index in [2.05, 4.69) is 0 Å². The molecule has 130 valence electrons. The number of carbonyl (C=O) groups excluding carboxylic acids is 1. The molecular weight excluding hydrogens is 352 g/mol. The lowest BCUT2D eigenvalue weighted by Gasteiger charge is -2.10. The molecule has 25 heavy (non-hydrogen) atoms. The maximum absolute atomic E-state index is 13.3. The van der Waals surface area contributed by atoms with Gasteiger partial charge in [-0.15, -0.1) is 0 Å². The quantitative estimate of drug-likeness (QED) is 0.881. The van der Waals surface area contributed by atoms with Crippen molar-refractivity contribution < 1.29 is 26.7 Å². The molecule has 2 unspecified atom stereocenters. The van der Waals surface area contributed by atoms with Gasteiger partial charge in [0.25, 0.3) is 0 Å². The van der Waals surface area contributed by atoms with Crippen LogP contribution < -0.4 is 5.73 Å². The average Bonchev–Trinajstić information content (AvgIpc) is 2.86. The number of hydrogen-bond acceptors (Lipinski definition) is 5. The van der Waals surface area contributed by atoms with E-state index in [0.717, 1.165) is 17.7 Å². The van der Waals surface area contributed by atoms with E-state index in [-0.39, 0.29) is 23.0 Å².